The fraction of sp³-hybridized carbons (Fsp3) is 0. The summed E-state index contributed by atoms with van der Waals surface area (Å²) in [5.74, 6) is 0. The molecule has 13 heavy (non-hydrogen) atoms. The van der Waals surface area contributed by atoms with E-state index in [0.29, 0.717) is 4.60 Å². The van der Waals surface area contributed by atoms with Crippen LogP contribution in [0.1, 0.15) is 0 Å². The number of halogens is 1. The number of imidazole rings is 1. The van der Waals surface area contributed by atoms with E-state index in [1.54, 1.807) is 0 Å². The van der Waals surface area contributed by atoms with Crippen LogP contribution < -0.4 is 5.69 Å². The second-order valence-electron chi connectivity index (χ2n) is 2.63. The maximum absolute atomic E-state index is 10.9. The van der Waals surface area contributed by atoms with Crippen molar-refractivity contribution in [2.24, 2.45) is 0 Å². The molecule has 66 valence electrons. The number of aromatic nitrogens is 2. The lowest BCUT2D eigenvalue weighted by Crippen LogP contribution is -2.00. The van der Waals surface area contributed by atoms with Crippen LogP contribution in [0.5, 0.6) is 0 Å². The molecular formula is C9H7BrN2O. The van der Waals surface area contributed by atoms with Crippen molar-refractivity contribution < 1.29 is 0 Å². The molecule has 2 rings (SSSR count). The summed E-state index contributed by atoms with van der Waals surface area (Å²) in [6.07, 6.45) is 0. The van der Waals surface area contributed by atoms with Gasteiger partial charge in [-0.05, 0) is 15.9 Å². The van der Waals surface area contributed by atoms with Gasteiger partial charge in [0, 0.05) is 5.56 Å². The van der Waals surface area contributed by atoms with E-state index in [2.05, 4.69) is 25.9 Å². The Bertz CT molecular complexity index is 458. The standard InChI is InChI=1S/C9H7BrN2O/c10-8-7(11-9(13)12-8)6-4-2-1-3-5-6/h1-5H,(H2,11,12,13). The van der Waals surface area contributed by atoms with E-state index >= 15 is 0 Å². The summed E-state index contributed by atoms with van der Waals surface area (Å²) >= 11 is 3.27. The minimum Gasteiger partial charge on any atom is -0.305 e. The SMILES string of the molecule is O=c1[nH]c(Br)c(-c2ccccc2)[nH]1. The van der Waals surface area contributed by atoms with Gasteiger partial charge in [-0.15, -0.1) is 0 Å². The van der Waals surface area contributed by atoms with Gasteiger partial charge < -0.3 is 4.98 Å². The molecule has 2 N–H and O–H groups in total. The lowest BCUT2D eigenvalue weighted by atomic mass is 10.2. The lowest BCUT2D eigenvalue weighted by molar-refractivity contribution is 1.18. The maximum Gasteiger partial charge on any atom is 0.324 e. The Hall–Kier alpha value is -1.29. The van der Waals surface area contributed by atoms with Crippen molar-refractivity contribution in [3.05, 3.63) is 45.4 Å². The highest BCUT2D eigenvalue weighted by Gasteiger charge is 2.04. The molecule has 0 saturated heterocycles. The average molecular weight is 239 g/mol. The first-order valence-corrected chi connectivity index (χ1v) is 4.60. The van der Waals surface area contributed by atoms with Crippen molar-refractivity contribution >= 4 is 15.9 Å². The van der Waals surface area contributed by atoms with Crippen LogP contribution in [0.15, 0.2) is 39.7 Å². The number of hydrogen-bond donors (Lipinski definition) is 2. The van der Waals surface area contributed by atoms with Crippen molar-refractivity contribution in [2.45, 2.75) is 0 Å². The molecule has 2 aromatic rings. The van der Waals surface area contributed by atoms with Crippen LogP contribution in [0.2, 0.25) is 0 Å². The molecule has 0 spiro atoms. The van der Waals surface area contributed by atoms with Crippen molar-refractivity contribution in [3.63, 3.8) is 0 Å². The summed E-state index contributed by atoms with van der Waals surface area (Å²) in [5.41, 5.74) is 1.56. The molecule has 1 aromatic heterocycles. The Kier molecular flexibility index (Phi) is 2.06. The monoisotopic (exact) mass is 238 g/mol. The molecule has 4 heteroatoms. The van der Waals surface area contributed by atoms with Gasteiger partial charge in [-0.25, -0.2) is 4.79 Å². The minimum absolute atomic E-state index is 0.203. The van der Waals surface area contributed by atoms with Crippen LogP contribution in [0, 0.1) is 0 Å². The van der Waals surface area contributed by atoms with E-state index in [0.717, 1.165) is 11.3 Å². The van der Waals surface area contributed by atoms with E-state index < -0.39 is 0 Å². The Morgan fingerprint density at radius 3 is 2.31 bits per heavy atom. The second-order valence-corrected chi connectivity index (χ2v) is 3.43. The molecular weight excluding hydrogens is 232 g/mol. The number of hydrogen-bond acceptors (Lipinski definition) is 1. The topological polar surface area (TPSA) is 48.6 Å². The summed E-state index contributed by atoms with van der Waals surface area (Å²) in [5, 5.41) is 0. The summed E-state index contributed by atoms with van der Waals surface area (Å²) in [7, 11) is 0. The van der Waals surface area contributed by atoms with Gasteiger partial charge in [0.05, 0.1) is 5.69 Å². The van der Waals surface area contributed by atoms with Crippen LogP contribution in [0.3, 0.4) is 0 Å². The molecule has 0 bridgehead atoms. The predicted octanol–water partition coefficient (Wildman–Crippen LogP) is 2.13. The Morgan fingerprint density at radius 1 is 1.08 bits per heavy atom. The van der Waals surface area contributed by atoms with Gasteiger partial charge in [0.15, 0.2) is 0 Å². The highest BCUT2D eigenvalue weighted by Crippen LogP contribution is 2.22. The van der Waals surface area contributed by atoms with Crippen molar-refractivity contribution in [1.29, 1.82) is 0 Å². The van der Waals surface area contributed by atoms with Crippen molar-refractivity contribution in [3.8, 4) is 11.3 Å². The highest BCUT2D eigenvalue weighted by molar-refractivity contribution is 9.10. The van der Waals surface area contributed by atoms with Gasteiger partial charge >= 0.3 is 5.69 Å². The third-order valence-electron chi connectivity index (χ3n) is 1.74. The fourth-order valence-electron chi connectivity index (χ4n) is 1.17. The molecule has 3 nitrogen and oxygen atoms in total. The molecule has 0 aliphatic carbocycles. The molecule has 0 radical (unpaired) electrons. The summed E-state index contributed by atoms with van der Waals surface area (Å²) in [6, 6.07) is 9.65. The van der Waals surface area contributed by atoms with Gasteiger partial charge in [-0.1, -0.05) is 30.3 Å². The molecule has 0 saturated carbocycles. The van der Waals surface area contributed by atoms with Crippen LogP contribution in [0.4, 0.5) is 0 Å². The van der Waals surface area contributed by atoms with E-state index in [-0.39, 0.29) is 5.69 Å². The Morgan fingerprint density at radius 2 is 1.77 bits per heavy atom. The Labute approximate surface area is 82.9 Å². The van der Waals surface area contributed by atoms with Crippen LogP contribution in [0.25, 0.3) is 11.3 Å². The van der Waals surface area contributed by atoms with Gasteiger partial charge in [-0.3, -0.25) is 4.98 Å². The molecule has 0 aliphatic rings. The molecule has 0 fully saturated rings. The normalized spacial score (nSPS) is 10.2. The van der Waals surface area contributed by atoms with Crippen molar-refractivity contribution in [2.75, 3.05) is 0 Å². The van der Waals surface area contributed by atoms with E-state index in [1.165, 1.54) is 0 Å². The number of benzene rings is 1. The molecule has 0 amide bonds. The second kappa shape index (κ2) is 3.22. The fourth-order valence-corrected chi connectivity index (χ4v) is 1.67. The zero-order valence-electron chi connectivity index (χ0n) is 6.67. The highest BCUT2D eigenvalue weighted by atomic mass is 79.9. The van der Waals surface area contributed by atoms with Crippen LogP contribution in [-0.4, -0.2) is 9.97 Å². The first-order chi connectivity index (χ1) is 6.27. The lowest BCUT2D eigenvalue weighted by Gasteiger charge is -1.95. The summed E-state index contributed by atoms with van der Waals surface area (Å²) < 4.78 is 0.684. The van der Waals surface area contributed by atoms with Crippen molar-refractivity contribution in [1.82, 2.24) is 9.97 Å². The largest absolute Gasteiger partial charge is 0.324 e. The number of aromatic amines is 2. The molecule has 1 heterocycles. The molecule has 0 aliphatic heterocycles. The van der Waals surface area contributed by atoms with Crippen LogP contribution >= 0.6 is 15.9 Å². The minimum atomic E-state index is -0.203. The quantitative estimate of drug-likeness (QED) is 0.786. The third-order valence-corrected chi connectivity index (χ3v) is 2.34. The molecule has 0 unspecified atom stereocenters. The predicted molar refractivity (Wildman–Crippen MR) is 54.5 cm³/mol. The first-order valence-electron chi connectivity index (χ1n) is 3.80. The zero-order chi connectivity index (χ0) is 9.26. The van der Waals surface area contributed by atoms with E-state index in [1.807, 2.05) is 30.3 Å². The summed E-state index contributed by atoms with van der Waals surface area (Å²) in [4.78, 5) is 16.3. The van der Waals surface area contributed by atoms with E-state index in [4.69, 9.17) is 0 Å². The number of H-pyrrole nitrogens is 2. The smallest absolute Gasteiger partial charge is 0.305 e. The maximum atomic E-state index is 10.9. The van der Waals surface area contributed by atoms with Gasteiger partial charge in [0.1, 0.15) is 4.60 Å². The van der Waals surface area contributed by atoms with Gasteiger partial charge in [0.25, 0.3) is 0 Å². The third kappa shape index (κ3) is 1.58. The first kappa shape index (κ1) is 8.31. The van der Waals surface area contributed by atoms with Crippen LogP contribution in [-0.2, 0) is 0 Å². The van der Waals surface area contributed by atoms with E-state index in [9.17, 15) is 4.79 Å². The molecule has 0 atom stereocenters. The zero-order valence-corrected chi connectivity index (χ0v) is 8.26. The number of nitrogens with one attached hydrogen (secondary N) is 2. The Balaban J connectivity index is 2.59. The van der Waals surface area contributed by atoms with Gasteiger partial charge in [-0.2, -0.15) is 0 Å². The summed E-state index contributed by atoms with van der Waals surface area (Å²) in [6.45, 7) is 0. The van der Waals surface area contributed by atoms with Gasteiger partial charge in [0.2, 0.25) is 0 Å². The molecule has 1 aromatic carbocycles. The number of rotatable bonds is 1. The average Bonchev–Trinajstić information content (AvgIpc) is 2.47.